The Morgan fingerprint density at radius 1 is 1.13 bits per heavy atom. The molecule has 1 aromatic carbocycles. The van der Waals surface area contributed by atoms with Gasteiger partial charge in [0.2, 0.25) is 0 Å². The van der Waals surface area contributed by atoms with Gasteiger partial charge in [-0.15, -0.1) is 0 Å². The van der Waals surface area contributed by atoms with Crippen molar-refractivity contribution in [1.29, 1.82) is 0 Å². The van der Waals surface area contributed by atoms with Gasteiger partial charge in [-0.1, -0.05) is 53.7 Å². The van der Waals surface area contributed by atoms with Crippen molar-refractivity contribution in [3.05, 3.63) is 29.8 Å². The van der Waals surface area contributed by atoms with Crippen LogP contribution in [0, 0.1) is 23.7 Å². The molecule has 3 unspecified atom stereocenters. The van der Waals surface area contributed by atoms with E-state index in [-0.39, 0.29) is 25.1 Å². The standard InChI is InChI=1S/C25H41NO4/c1-16(2)21-11-18(5)19(6)24(13-21)30-25(28)12-20-7-9-23(10-8-20)29-15-22(27)14-26-17(3)4/h7-10,16-19,21-22,24,26-27H,11-15H2,1-6H3/t18-,19?,21+,22?,24?/m1/s1. The number of carbonyl (C=O) groups is 1. The van der Waals surface area contributed by atoms with Crippen molar-refractivity contribution in [3.63, 3.8) is 0 Å². The van der Waals surface area contributed by atoms with E-state index in [9.17, 15) is 9.90 Å². The Labute approximate surface area is 182 Å². The molecule has 0 heterocycles. The molecule has 1 aromatic rings. The minimum Gasteiger partial charge on any atom is -0.491 e. The van der Waals surface area contributed by atoms with E-state index in [4.69, 9.17) is 9.47 Å². The predicted octanol–water partition coefficient (Wildman–Crippen LogP) is 4.22. The highest BCUT2D eigenvalue weighted by Gasteiger charge is 2.36. The first-order chi connectivity index (χ1) is 14.2. The zero-order valence-corrected chi connectivity index (χ0v) is 19.6. The number of aliphatic hydroxyl groups is 1. The van der Waals surface area contributed by atoms with Crippen molar-refractivity contribution in [2.45, 2.75) is 79.1 Å². The molecular weight excluding hydrogens is 378 g/mol. The van der Waals surface area contributed by atoms with Crippen molar-refractivity contribution >= 4 is 5.97 Å². The Bertz CT molecular complexity index is 643. The molecule has 1 saturated carbocycles. The predicted molar refractivity (Wildman–Crippen MR) is 121 cm³/mol. The molecular formula is C25H41NO4. The summed E-state index contributed by atoms with van der Waals surface area (Å²) in [6.07, 6.45) is 1.91. The van der Waals surface area contributed by atoms with E-state index in [1.165, 1.54) is 6.42 Å². The summed E-state index contributed by atoms with van der Waals surface area (Å²) in [5.41, 5.74) is 0.909. The van der Waals surface area contributed by atoms with Crippen molar-refractivity contribution in [2.24, 2.45) is 23.7 Å². The number of hydrogen-bond acceptors (Lipinski definition) is 5. The molecule has 0 aliphatic heterocycles. The van der Waals surface area contributed by atoms with Gasteiger partial charge in [0, 0.05) is 12.6 Å². The fourth-order valence-electron chi connectivity index (χ4n) is 4.07. The Balaban J connectivity index is 1.81. The molecule has 1 fully saturated rings. The molecule has 30 heavy (non-hydrogen) atoms. The first kappa shape index (κ1) is 24.7. The second-order valence-corrected chi connectivity index (χ2v) is 9.69. The van der Waals surface area contributed by atoms with Gasteiger partial charge in [0.25, 0.3) is 0 Å². The van der Waals surface area contributed by atoms with Gasteiger partial charge in [-0.2, -0.15) is 0 Å². The maximum Gasteiger partial charge on any atom is 0.310 e. The van der Waals surface area contributed by atoms with Gasteiger partial charge in [0.05, 0.1) is 6.42 Å². The van der Waals surface area contributed by atoms with Crippen molar-refractivity contribution < 1.29 is 19.4 Å². The number of benzene rings is 1. The number of esters is 1. The van der Waals surface area contributed by atoms with E-state index < -0.39 is 6.10 Å². The SMILES string of the molecule is CC(C)NCC(O)COc1ccc(CC(=O)OC2C[C@@H](C(C)C)C[C@@H](C)C2C)cc1. The minimum atomic E-state index is -0.559. The molecule has 0 saturated heterocycles. The van der Waals surface area contributed by atoms with Gasteiger partial charge in [-0.3, -0.25) is 4.79 Å². The summed E-state index contributed by atoms with van der Waals surface area (Å²) in [5.74, 6) is 2.74. The second-order valence-electron chi connectivity index (χ2n) is 9.69. The fraction of sp³-hybridized carbons (Fsp3) is 0.720. The fourth-order valence-corrected chi connectivity index (χ4v) is 4.07. The topological polar surface area (TPSA) is 67.8 Å². The van der Waals surface area contributed by atoms with Gasteiger partial charge < -0.3 is 19.9 Å². The van der Waals surface area contributed by atoms with E-state index in [0.29, 0.717) is 42.0 Å². The Kier molecular flexibility index (Phi) is 9.63. The number of ether oxygens (including phenoxy) is 2. The molecule has 1 aliphatic carbocycles. The normalized spacial score (nSPS) is 25.4. The third-order valence-corrected chi connectivity index (χ3v) is 6.40. The molecule has 5 nitrogen and oxygen atoms in total. The Morgan fingerprint density at radius 3 is 2.40 bits per heavy atom. The number of carbonyl (C=O) groups excluding carboxylic acids is 1. The molecule has 5 atom stereocenters. The van der Waals surface area contributed by atoms with E-state index in [1.807, 2.05) is 38.1 Å². The summed E-state index contributed by atoms with van der Waals surface area (Å²) < 4.78 is 11.5. The summed E-state index contributed by atoms with van der Waals surface area (Å²) in [6.45, 7) is 13.8. The largest absolute Gasteiger partial charge is 0.491 e. The van der Waals surface area contributed by atoms with Crippen LogP contribution in [0.5, 0.6) is 5.75 Å². The molecule has 0 aromatic heterocycles. The van der Waals surface area contributed by atoms with Crippen LogP contribution in [0.15, 0.2) is 24.3 Å². The van der Waals surface area contributed by atoms with Crippen LogP contribution in [0.2, 0.25) is 0 Å². The van der Waals surface area contributed by atoms with Crippen molar-refractivity contribution in [2.75, 3.05) is 13.2 Å². The Morgan fingerprint density at radius 2 is 1.80 bits per heavy atom. The third-order valence-electron chi connectivity index (χ3n) is 6.40. The summed E-state index contributed by atoms with van der Waals surface area (Å²) in [4.78, 5) is 12.5. The first-order valence-electron chi connectivity index (χ1n) is 11.5. The minimum absolute atomic E-state index is 0.0113. The summed E-state index contributed by atoms with van der Waals surface area (Å²) in [6, 6.07) is 7.78. The first-order valence-corrected chi connectivity index (χ1v) is 11.5. The average Bonchev–Trinajstić information content (AvgIpc) is 2.69. The van der Waals surface area contributed by atoms with Gasteiger partial charge in [0.1, 0.15) is 24.6 Å². The molecule has 0 amide bonds. The van der Waals surface area contributed by atoms with Crippen molar-refractivity contribution in [3.8, 4) is 5.75 Å². The van der Waals surface area contributed by atoms with Gasteiger partial charge >= 0.3 is 5.97 Å². The van der Waals surface area contributed by atoms with Crippen LogP contribution in [-0.2, 0) is 16.0 Å². The number of hydrogen-bond donors (Lipinski definition) is 2. The molecule has 2 N–H and O–H groups in total. The van der Waals surface area contributed by atoms with Crippen molar-refractivity contribution in [1.82, 2.24) is 5.32 Å². The molecule has 0 bridgehead atoms. The molecule has 0 spiro atoms. The van der Waals surface area contributed by atoms with Crippen LogP contribution < -0.4 is 10.1 Å². The zero-order valence-electron chi connectivity index (χ0n) is 19.6. The smallest absolute Gasteiger partial charge is 0.310 e. The maximum absolute atomic E-state index is 12.5. The van der Waals surface area contributed by atoms with E-state index in [0.717, 1.165) is 12.0 Å². The highest BCUT2D eigenvalue weighted by molar-refractivity contribution is 5.72. The molecule has 0 radical (unpaired) electrons. The van der Waals surface area contributed by atoms with Gasteiger partial charge in [0.15, 0.2) is 0 Å². The number of aliphatic hydroxyl groups excluding tert-OH is 1. The maximum atomic E-state index is 12.5. The molecule has 170 valence electrons. The quantitative estimate of drug-likeness (QED) is 0.556. The highest BCUT2D eigenvalue weighted by Crippen LogP contribution is 2.38. The van der Waals surface area contributed by atoms with Crippen LogP contribution >= 0.6 is 0 Å². The molecule has 2 rings (SSSR count). The molecule has 1 aliphatic rings. The van der Waals surface area contributed by atoms with E-state index >= 15 is 0 Å². The van der Waals surface area contributed by atoms with Crippen LogP contribution in [0.4, 0.5) is 0 Å². The third kappa shape index (κ3) is 7.92. The van der Waals surface area contributed by atoms with Crippen LogP contribution in [0.25, 0.3) is 0 Å². The van der Waals surface area contributed by atoms with E-state index in [2.05, 4.69) is 33.0 Å². The average molecular weight is 420 g/mol. The summed E-state index contributed by atoms with van der Waals surface area (Å²) in [5, 5.41) is 13.1. The number of rotatable bonds is 10. The highest BCUT2D eigenvalue weighted by atomic mass is 16.5. The lowest BCUT2D eigenvalue weighted by molar-refractivity contribution is -0.155. The van der Waals surface area contributed by atoms with Crippen LogP contribution in [0.1, 0.15) is 59.9 Å². The zero-order chi connectivity index (χ0) is 22.3. The monoisotopic (exact) mass is 419 g/mol. The lowest BCUT2D eigenvalue weighted by Crippen LogP contribution is -2.38. The van der Waals surface area contributed by atoms with Gasteiger partial charge in [-0.05, 0) is 54.2 Å². The second kappa shape index (κ2) is 11.7. The van der Waals surface area contributed by atoms with Crippen LogP contribution in [-0.4, -0.2) is 42.5 Å². The lowest BCUT2D eigenvalue weighted by atomic mass is 9.70. The summed E-state index contributed by atoms with van der Waals surface area (Å²) in [7, 11) is 0. The van der Waals surface area contributed by atoms with Crippen LogP contribution in [0.3, 0.4) is 0 Å². The molecule has 5 heteroatoms. The van der Waals surface area contributed by atoms with E-state index in [1.54, 1.807) is 0 Å². The Hall–Kier alpha value is -1.59. The summed E-state index contributed by atoms with van der Waals surface area (Å²) >= 11 is 0. The van der Waals surface area contributed by atoms with Gasteiger partial charge in [-0.25, -0.2) is 0 Å². The number of nitrogens with one attached hydrogen (secondary N) is 1. The lowest BCUT2D eigenvalue weighted by Gasteiger charge is -2.40.